The van der Waals surface area contributed by atoms with Gasteiger partial charge in [0, 0.05) is 25.2 Å². The second-order valence-electron chi connectivity index (χ2n) is 9.55. The number of hydrogen-bond acceptors (Lipinski definition) is 5. The van der Waals surface area contributed by atoms with Gasteiger partial charge in [-0.15, -0.1) is 0 Å². The van der Waals surface area contributed by atoms with Crippen LogP contribution in [0.1, 0.15) is 45.6 Å². The first-order valence-corrected chi connectivity index (χ1v) is 10.5. The first kappa shape index (κ1) is 21.5. The van der Waals surface area contributed by atoms with E-state index in [1.807, 2.05) is 0 Å². The number of amides is 3. The summed E-state index contributed by atoms with van der Waals surface area (Å²) in [6.45, 7) is 5.40. The molecule has 2 aliphatic heterocycles. The van der Waals surface area contributed by atoms with Gasteiger partial charge in [-0.05, 0) is 51.3 Å². The zero-order valence-corrected chi connectivity index (χ0v) is 17.8. The van der Waals surface area contributed by atoms with Crippen molar-refractivity contribution in [3.05, 3.63) is 29.8 Å². The van der Waals surface area contributed by atoms with Gasteiger partial charge in [0.15, 0.2) is 0 Å². The molecule has 2 N–H and O–H groups in total. The van der Waals surface area contributed by atoms with Crippen molar-refractivity contribution in [2.75, 3.05) is 18.4 Å². The number of alkyl halides is 2. The highest BCUT2D eigenvalue weighted by Crippen LogP contribution is 2.70. The minimum Gasteiger partial charge on any atom is -0.444 e. The molecule has 0 radical (unpaired) electrons. The third kappa shape index (κ3) is 3.74. The number of halogens is 2. The largest absolute Gasteiger partial charge is 0.444 e. The number of piperidine rings is 2. The lowest BCUT2D eigenvalue weighted by Crippen LogP contribution is -2.47. The molecule has 0 unspecified atom stereocenters. The van der Waals surface area contributed by atoms with Gasteiger partial charge < -0.3 is 15.0 Å². The van der Waals surface area contributed by atoms with Gasteiger partial charge in [-0.1, -0.05) is 12.1 Å². The average molecular weight is 435 g/mol. The van der Waals surface area contributed by atoms with E-state index in [2.05, 4.69) is 10.6 Å². The molecule has 1 aromatic rings. The van der Waals surface area contributed by atoms with Crippen LogP contribution in [0.25, 0.3) is 0 Å². The second kappa shape index (κ2) is 7.17. The van der Waals surface area contributed by atoms with Crippen molar-refractivity contribution >= 4 is 23.6 Å². The molecule has 9 heteroatoms. The normalized spacial score (nSPS) is 29.6. The summed E-state index contributed by atoms with van der Waals surface area (Å²) in [7, 11) is 0. The predicted octanol–water partition coefficient (Wildman–Crippen LogP) is 3.05. The summed E-state index contributed by atoms with van der Waals surface area (Å²) < 4.78 is 35.1. The molecular weight excluding hydrogens is 408 g/mol. The zero-order valence-electron chi connectivity index (χ0n) is 17.8. The molecule has 2 saturated heterocycles. The van der Waals surface area contributed by atoms with Crippen molar-refractivity contribution in [2.24, 2.45) is 5.92 Å². The third-order valence-corrected chi connectivity index (χ3v) is 6.35. The Labute approximate surface area is 179 Å². The van der Waals surface area contributed by atoms with Crippen molar-refractivity contribution in [1.82, 2.24) is 10.2 Å². The number of nitrogens with zero attached hydrogens (tertiary/aromatic N) is 1. The van der Waals surface area contributed by atoms with Gasteiger partial charge in [0.25, 0.3) is 5.92 Å². The first-order valence-electron chi connectivity index (χ1n) is 10.5. The molecule has 168 valence electrons. The monoisotopic (exact) mass is 435 g/mol. The fourth-order valence-electron chi connectivity index (χ4n) is 4.69. The van der Waals surface area contributed by atoms with E-state index in [0.717, 1.165) is 0 Å². The Morgan fingerprint density at radius 2 is 1.90 bits per heavy atom. The Bertz CT molecular complexity index is 912. The molecule has 0 spiro atoms. The highest BCUT2D eigenvalue weighted by molar-refractivity contribution is 6.01. The van der Waals surface area contributed by atoms with Gasteiger partial charge in [-0.3, -0.25) is 14.9 Å². The van der Waals surface area contributed by atoms with E-state index in [9.17, 15) is 23.2 Å². The van der Waals surface area contributed by atoms with E-state index < -0.39 is 35.0 Å². The summed E-state index contributed by atoms with van der Waals surface area (Å²) >= 11 is 0. The fraction of sp³-hybridized carbons (Fsp3) is 0.591. The number of nitrogens with one attached hydrogen (secondary N) is 2. The summed E-state index contributed by atoms with van der Waals surface area (Å²) in [6.07, 6.45) is 0.237. The number of imide groups is 1. The van der Waals surface area contributed by atoms with Crippen molar-refractivity contribution in [1.29, 1.82) is 0 Å². The molecule has 3 atom stereocenters. The number of carbonyl (C=O) groups is 3. The number of anilines is 1. The van der Waals surface area contributed by atoms with Gasteiger partial charge in [0.05, 0.1) is 11.3 Å². The molecule has 7 nitrogen and oxygen atoms in total. The number of fused-ring (bicyclic) bond motifs is 1. The lowest BCUT2D eigenvalue weighted by Gasteiger charge is -2.32. The van der Waals surface area contributed by atoms with Crippen LogP contribution in [0.4, 0.5) is 19.3 Å². The van der Waals surface area contributed by atoms with E-state index >= 15 is 0 Å². The molecule has 3 amide bonds. The molecule has 3 fully saturated rings. The Morgan fingerprint density at radius 1 is 1.23 bits per heavy atom. The average Bonchev–Trinajstić information content (AvgIpc) is 3.19. The first-order chi connectivity index (χ1) is 14.4. The van der Waals surface area contributed by atoms with Crippen LogP contribution in [0.3, 0.4) is 0 Å². The van der Waals surface area contributed by atoms with Crippen molar-refractivity contribution < 1.29 is 27.9 Å². The standard InChI is InChI=1S/C22H27F2N3O4/c1-20(2,3)31-19(30)27-11-10-21(16(12-27)22(21,23)24)13-4-6-14(7-5-13)25-15-8-9-17(28)26-18(15)29/h4-7,15-16,25H,8-12H2,1-3H3,(H,26,28,29)/t15-,16+,21+/m1/s1. The lowest BCUT2D eigenvalue weighted by atomic mass is 9.87. The Kier molecular flexibility index (Phi) is 4.98. The highest BCUT2D eigenvalue weighted by Gasteiger charge is 2.82. The van der Waals surface area contributed by atoms with Crippen LogP contribution >= 0.6 is 0 Å². The van der Waals surface area contributed by atoms with Crippen LogP contribution in [0.5, 0.6) is 0 Å². The Morgan fingerprint density at radius 3 is 2.48 bits per heavy atom. The number of ether oxygens (including phenoxy) is 1. The lowest BCUT2D eigenvalue weighted by molar-refractivity contribution is -0.133. The zero-order chi connectivity index (χ0) is 22.6. The molecule has 0 bridgehead atoms. The summed E-state index contributed by atoms with van der Waals surface area (Å²) in [6, 6.07) is 6.14. The summed E-state index contributed by atoms with van der Waals surface area (Å²) in [5.41, 5.74) is -0.802. The van der Waals surface area contributed by atoms with E-state index in [-0.39, 0.29) is 37.7 Å². The van der Waals surface area contributed by atoms with Gasteiger partial charge in [-0.2, -0.15) is 0 Å². The van der Waals surface area contributed by atoms with Crippen molar-refractivity contribution in [2.45, 2.75) is 63.0 Å². The van der Waals surface area contributed by atoms with Gasteiger partial charge >= 0.3 is 6.09 Å². The number of benzene rings is 1. The molecule has 1 aromatic carbocycles. The van der Waals surface area contributed by atoms with Crippen molar-refractivity contribution in [3.63, 3.8) is 0 Å². The quantitative estimate of drug-likeness (QED) is 0.713. The fourth-order valence-corrected chi connectivity index (χ4v) is 4.69. The summed E-state index contributed by atoms with van der Waals surface area (Å²) in [5.74, 6) is -4.53. The number of carbonyl (C=O) groups excluding carboxylic acids is 3. The summed E-state index contributed by atoms with van der Waals surface area (Å²) in [5, 5.41) is 5.33. The van der Waals surface area contributed by atoms with Crippen LogP contribution in [0.15, 0.2) is 24.3 Å². The minimum absolute atomic E-state index is 0.0435. The smallest absolute Gasteiger partial charge is 0.410 e. The van der Waals surface area contributed by atoms with Crippen LogP contribution in [0, 0.1) is 5.92 Å². The number of likely N-dealkylation sites (tertiary alicyclic amines) is 1. The molecule has 3 aliphatic rings. The van der Waals surface area contributed by atoms with Gasteiger partial charge in [0.1, 0.15) is 11.6 Å². The molecule has 0 aromatic heterocycles. The summed E-state index contributed by atoms with van der Waals surface area (Å²) in [4.78, 5) is 36.8. The predicted molar refractivity (Wildman–Crippen MR) is 109 cm³/mol. The molecule has 2 heterocycles. The third-order valence-electron chi connectivity index (χ3n) is 6.35. The van der Waals surface area contributed by atoms with Crippen LogP contribution in [-0.4, -0.2) is 53.5 Å². The van der Waals surface area contributed by atoms with E-state index in [4.69, 9.17) is 4.74 Å². The minimum atomic E-state index is -2.90. The van der Waals surface area contributed by atoms with Crippen LogP contribution in [-0.2, 0) is 19.7 Å². The maximum atomic E-state index is 14.9. The highest BCUT2D eigenvalue weighted by atomic mass is 19.3. The topological polar surface area (TPSA) is 87.7 Å². The van der Waals surface area contributed by atoms with Gasteiger partial charge in [-0.25, -0.2) is 13.6 Å². The maximum Gasteiger partial charge on any atom is 0.410 e. The van der Waals surface area contributed by atoms with Crippen LogP contribution < -0.4 is 10.6 Å². The van der Waals surface area contributed by atoms with Crippen molar-refractivity contribution in [3.8, 4) is 0 Å². The molecule has 1 aliphatic carbocycles. The Balaban J connectivity index is 1.44. The second-order valence-corrected chi connectivity index (χ2v) is 9.55. The maximum absolute atomic E-state index is 14.9. The SMILES string of the molecule is CC(C)(C)OC(=O)N1CC[C@]2(c3ccc(N[C@@H]4CCC(=O)NC4=O)cc3)[C@H](C1)C2(F)F. The Hall–Kier alpha value is -2.71. The van der Waals surface area contributed by atoms with E-state index in [1.54, 1.807) is 45.0 Å². The molecular formula is C22H27F2N3O4. The van der Waals surface area contributed by atoms with Crippen LogP contribution in [0.2, 0.25) is 0 Å². The molecule has 31 heavy (non-hydrogen) atoms. The van der Waals surface area contributed by atoms with E-state index in [1.165, 1.54) is 4.90 Å². The molecule has 4 rings (SSSR count). The molecule has 1 saturated carbocycles. The number of hydrogen-bond donors (Lipinski definition) is 2. The number of rotatable bonds is 3. The van der Waals surface area contributed by atoms with Gasteiger partial charge in [0.2, 0.25) is 11.8 Å². The van der Waals surface area contributed by atoms with E-state index in [0.29, 0.717) is 17.7 Å².